The standard InChI is InChI=1S/C18H14BF2N3O2/c1-10-3-14(26-9-16-15(21)5-13(20)8-23-16)6-18(25)24(10)17-4-12(19)7-22-11(17)2/h3-8H,9H2,1-2H3. The third kappa shape index (κ3) is 3.64. The number of ether oxygens (including phenoxy) is 1. The second-order valence-electron chi connectivity index (χ2n) is 5.75. The van der Waals surface area contributed by atoms with E-state index in [0.717, 1.165) is 12.3 Å². The molecular formula is C18H14BF2N3O2. The van der Waals surface area contributed by atoms with E-state index in [4.69, 9.17) is 12.6 Å². The minimum absolute atomic E-state index is 0.0518. The van der Waals surface area contributed by atoms with E-state index in [0.29, 0.717) is 22.5 Å². The number of aryl methyl sites for hydroxylation is 2. The van der Waals surface area contributed by atoms with E-state index in [-0.39, 0.29) is 23.6 Å². The Morgan fingerprint density at radius 3 is 2.58 bits per heavy atom. The van der Waals surface area contributed by atoms with Crippen LogP contribution in [0.1, 0.15) is 17.1 Å². The summed E-state index contributed by atoms with van der Waals surface area (Å²) in [6.45, 7) is 3.27. The van der Waals surface area contributed by atoms with Crippen molar-refractivity contribution in [3.05, 3.63) is 75.7 Å². The molecule has 0 saturated carbocycles. The van der Waals surface area contributed by atoms with Gasteiger partial charge in [-0.05, 0) is 19.9 Å². The molecule has 0 fully saturated rings. The summed E-state index contributed by atoms with van der Waals surface area (Å²) in [5.74, 6) is -1.32. The summed E-state index contributed by atoms with van der Waals surface area (Å²) in [4.78, 5) is 20.3. The fraction of sp³-hybridized carbons (Fsp3) is 0.167. The van der Waals surface area contributed by atoms with E-state index in [1.165, 1.54) is 16.8 Å². The van der Waals surface area contributed by atoms with Crippen molar-refractivity contribution in [2.45, 2.75) is 20.5 Å². The van der Waals surface area contributed by atoms with Crippen molar-refractivity contribution in [3.8, 4) is 11.4 Å². The molecule has 0 atom stereocenters. The molecule has 26 heavy (non-hydrogen) atoms. The van der Waals surface area contributed by atoms with Gasteiger partial charge in [0.1, 0.15) is 31.7 Å². The molecule has 3 aromatic rings. The molecule has 130 valence electrons. The molecule has 0 aliphatic rings. The first-order valence-corrected chi connectivity index (χ1v) is 7.74. The summed E-state index contributed by atoms with van der Waals surface area (Å²) in [5, 5.41) is 0. The van der Waals surface area contributed by atoms with Crippen LogP contribution < -0.4 is 15.8 Å². The maximum Gasteiger partial charge on any atom is 0.259 e. The molecule has 0 aromatic carbocycles. The molecule has 0 N–H and O–H groups in total. The molecule has 2 radical (unpaired) electrons. The zero-order valence-electron chi connectivity index (χ0n) is 14.2. The van der Waals surface area contributed by atoms with E-state index in [9.17, 15) is 13.6 Å². The maximum atomic E-state index is 13.6. The second kappa shape index (κ2) is 7.07. The van der Waals surface area contributed by atoms with Crippen molar-refractivity contribution in [2.24, 2.45) is 0 Å². The van der Waals surface area contributed by atoms with Crippen LogP contribution in [-0.4, -0.2) is 22.4 Å². The first-order chi connectivity index (χ1) is 12.3. The largest absolute Gasteiger partial charge is 0.487 e. The number of aromatic nitrogens is 3. The lowest BCUT2D eigenvalue weighted by atomic mass is 9.98. The number of hydrogen-bond donors (Lipinski definition) is 0. The quantitative estimate of drug-likeness (QED) is 0.673. The number of halogens is 2. The molecule has 3 heterocycles. The van der Waals surface area contributed by atoms with Gasteiger partial charge in [0.05, 0.1) is 17.6 Å². The fourth-order valence-corrected chi connectivity index (χ4v) is 2.53. The third-order valence-electron chi connectivity index (χ3n) is 3.77. The van der Waals surface area contributed by atoms with Gasteiger partial charge in [-0.2, -0.15) is 0 Å². The van der Waals surface area contributed by atoms with E-state index in [1.54, 1.807) is 26.0 Å². The Bertz CT molecular complexity index is 1040. The summed E-state index contributed by atoms with van der Waals surface area (Å²) < 4.78 is 33.4. The number of nitrogens with zero attached hydrogens (tertiary/aromatic N) is 3. The van der Waals surface area contributed by atoms with Crippen LogP contribution in [0.25, 0.3) is 5.69 Å². The van der Waals surface area contributed by atoms with Gasteiger partial charge in [0.2, 0.25) is 0 Å². The molecule has 0 spiro atoms. The summed E-state index contributed by atoms with van der Waals surface area (Å²) in [6, 6.07) is 5.29. The summed E-state index contributed by atoms with van der Waals surface area (Å²) in [5.41, 5.74) is 1.86. The second-order valence-corrected chi connectivity index (χ2v) is 5.75. The molecule has 0 aliphatic heterocycles. The monoisotopic (exact) mass is 353 g/mol. The Kier molecular flexibility index (Phi) is 4.84. The van der Waals surface area contributed by atoms with Gasteiger partial charge in [-0.25, -0.2) is 8.78 Å². The number of hydrogen-bond acceptors (Lipinski definition) is 4. The van der Waals surface area contributed by atoms with Gasteiger partial charge in [-0.1, -0.05) is 5.46 Å². The van der Waals surface area contributed by atoms with Crippen molar-refractivity contribution in [1.82, 2.24) is 14.5 Å². The van der Waals surface area contributed by atoms with Crippen LogP contribution >= 0.6 is 0 Å². The smallest absolute Gasteiger partial charge is 0.259 e. The molecule has 0 amide bonds. The zero-order valence-corrected chi connectivity index (χ0v) is 14.2. The Balaban J connectivity index is 1.90. The van der Waals surface area contributed by atoms with Gasteiger partial charge in [0.15, 0.2) is 5.82 Å². The third-order valence-corrected chi connectivity index (χ3v) is 3.77. The highest BCUT2D eigenvalue weighted by atomic mass is 19.1. The lowest BCUT2D eigenvalue weighted by Crippen LogP contribution is -2.23. The Morgan fingerprint density at radius 1 is 1.12 bits per heavy atom. The molecular weight excluding hydrogens is 339 g/mol. The van der Waals surface area contributed by atoms with Crippen LogP contribution in [0.15, 0.2) is 41.5 Å². The molecule has 5 nitrogen and oxygen atoms in total. The molecule has 3 rings (SSSR count). The minimum atomic E-state index is -0.809. The predicted octanol–water partition coefficient (Wildman–Crippen LogP) is 1.90. The fourth-order valence-electron chi connectivity index (χ4n) is 2.53. The molecule has 3 aromatic heterocycles. The van der Waals surface area contributed by atoms with Crippen LogP contribution in [0.2, 0.25) is 0 Å². The van der Waals surface area contributed by atoms with Crippen molar-refractivity contribution in [2.75, 3.05) is 0 Å². The molecule has 8 heteroatoms. The van der Waals surface area contributed by atoms with Crippen LogP contribution in [0.5, 0.6) is 5.75 Å². The van der Waals surface area contributed by atoms with Crippen LogP contribution in [-0.2, 0) is 6.61 Å². The lowest BCUT2D eigenvalue weighted by Gasteiger charge is -2.14. The summed E-state index contributed by atoms with van der Waals surface area (Å²) in [7, 11) is 5.76. The maximum absolute atomic E-state index is 13.6. The number of pyridine rings is 3. The average Bonchev–Trinajstić information content (AvgIpc) is 2.56. The molecule has 0 unspecified atom stereocenters. The van der Waals surface area contributed by atoms with Gasteiger partial charge in [-0.3, -0.25) is 19.3 Å². The topological polar surface area (TPSA) is 57.0 Å². The highest BCUT2D eigenvalue weighted by molar-refractivity contribution is 6.32. The van der Waals surface area contributed by atoms with Crippen LogP contribution in [0.3, 0.4) is 0 Å². The van der Waals surface area contributed by atoms with Crippen molar-refractivity contribution >= 4 is 13.3 Å². The Hall–Kier alpha value is -3.03. The highest BCUT2D eigenvalue weighted by Gasteiger charge is 2.11. The van der Waals surface area contributed by atoms with Crippen LogP contribution in [0.4, 0.5) is 8.78 Å². The predicted molar refractivity (Wildman–Crippen MR) is 93.2 cm³/mol. The van der Waals surface area contributed by atoms with Gasteiger partial charge >= 0.3 is 0 Å². The average molecular weight is 353 g/mol. The zero-order chi connectivity index (χ0) is 18.8. The number of rotatable bonds is 4. The van der Waals surface area contributed by atoms with Gasteiger partial charge in [0, 0.05) is 30.1 Å². The normalized spacial score (nSPS) is 10.8. The summed E-state index contributed by atoms with van der Waals surface area (Å²) in [6.07, 6.45) is 2.42. The van der Waals surface area contributed by atoms with Gasteiger partial charge in [-0.15, -0.1) is 0 Å². The van der Waals surface area contributed by atoms with Gasteiger partial charge < -0.3 is 4.74 Å². The van der Waals surface area contributed by atoms with Crippen molar-refractivity contribution in [3.63, 3.8) is 0 Å². The van der Waals surface area contributed by atoms with E-state index < -0.39 is 11.6 Å². The summed E-state index contributed by atoms with van der Waals surface area (Å²) >= 11 is 0. The first kappa shape index (κ1) is 17.8. The van der Waals surface area contributed by atoms with Crippen molar-refractivity contribution in [1.29, 1.82) is 0 Å². The molecule has 0 bridgehead atoms. The van der Waals surface area contributed by atoms with Crippen LogP contribution in [0, 0.1) is 25.5 Å². The van der Waals surface area contributed by atoms with E-state index in [2.05, 4.69) is 9.97 Å². The van der Waals surface area contributed by atoms with Gasteiger partial charge in [0.25, 0.3) is 5.56 Å². The molecule has 0 saturated heterocycles. The lowest BCUT2D eigenvalue weighted by molar-refractivity contribution is 0.292. The highest BCUT2D eigenvalue weighted by Crippen LogP contribution is 2.17. The Morgan fingerprint density at radius 2 is 1.88 bits per heavy atom. The van der Waals surface area contributed by atoms with Crippen molar-refractivity contribution < 1.29 is 13.5 Å². The minimum Gasteiger partial charge on any atom is -0.487 e. The SMILES string of the molecule is [B]c1cnc(C)c(-n2c(C)cc(OCc3ncc(F)cc3F)cc2=O)c1. The van der Waals surface area contributed by atoms with E-state index >= 15 is 0 Å². The molecule has 0 aliphatic carbocycles. The first-order valence-electron chi connectivity index (χ1n) is 7.74. The van der Waals surface area contributed by atoms with E-state index in [1.807, 2.05) is 0 Å². The Labute approximate surface area is 149 Å².